The van der Waals surface area contributed by atoms with Crippen molar-refractivity contribution in [2.45, 2.75) is 25.8 Å². The highest BCUT2D eigenvalue weighted by Gasteiger charge is 1.97. The molecule has 0 saturated heterocycles. The summed E-state index contributed by atoms with van der Waals surface area (Å²) in [5.74, 6) is -0.768. The van der Waals surface area contributed by atoms with Crippen molar-refractivity contribution in [3.8, 4) is 0 Å². The summed E-state index contributed by atoms with van der Waals surface area (Å²) in [4.78, 5) is 10.1. The molecule has 65 valence electrons. The maximum atomic E-state index is 10.1. The molecule has 1 aromatic heterocycles. The fourth-order valence-corrected chi connectivity index (χ4v) is 0.792. The molecule has 0 aliphatic rings. The fourth-order valence-electron chi connectivity index (χ4n) is 0.792. The quantitative estimate of drug-likeness (QED) is 0.613. The van der Waals surface area contributed by atoms with Crippen molar-refractivity contribution in [1.29, 1.82) is 0 Å². The van der Waals surface area contributed by atoms with E-state index in [0.717, 1.165) is 6.42 Å². The highest BCUT2D eigenvalue weighted by atomic mass is 16.4. The van der Waals surface area contributed by atoms with Gasteiger partial charge in [0.05, 0.1) is 0 Å². The lowest BCUT2D eigenvalue weighted by Crippen LogP contribution is -2.01. The molecule has 6 nitrogen and oxygen atoms in total. The van der Waals surface area contributed by atoms with E-state index >= 15 is 0 Å². The van der Waals surface area contributed by atoms with Gasteiger partial charge in [0, 0.05) is 13.0 Å². The van der Waals surface area contributed by atoms with Crippen LogP contribution in [0.1, 0.15) is 19.3 Å². The van der Waals surface area contributed by atoms with Crippen LogP contribution in [0.15, 0.2) is 0 Å². The molecular formula is C6H9N4O2. The Morgan fingerprint density at radius 1 is 1.50 bits per heavy atom. The van der Waals surface area contributed by atoms with Crippen LogP contribution in [0.25, 0.3) is 0 Å². The van der Waals surface area contributed by atoms with Crippen LogP contribution in [0.4, 0.5) is 0 Å². The zero-order valence-corrected chi connectivity index (χ0v) is 6.47. The van der Waals surface area contributed by atoms with E-state index in [1.807, 2.05) is 0 Å². The van der Waals surface area contributed by atoms with Gasteiger partial charge in [-0.25, -0.2) is 4.68 Å². The first-order chi connectivity index (χ1) is 5.79. The molecule has 0 aromatic carbocycles. The van der Waals surface area contributed by atoms with Gasteiger partial charge in [0.1, 0.15) is 0 Å². The molecule has 1 aromatic rings. The minimum absolute atomic E-state index is 0.197. The lowest BCUT2D eigenvalue weighted by molar-refractivity contribution is -0.137. The molecule has 0 unspecified atom stereocenters. The third-order valence-electron chi connectivity index (χ3n) is 1.36. The molecule has 1 heterocycles. The molecule has 0 fully saturated rings. The summed E-state index contributed by atoms with van der Waals surface area (Å²) >= 11 is 0. The first-order valence-corrected chi connectivity index (χ1v) is 3.64. The highest BCUT2D eigenvalue weighted by Crippen LogP contribution is 1.96. The Hall–Kier alpha value is -1.46. The van der Waals surface area contributed by atoms with Crippen molar-refractivity contribution >= 4 is 5.97 Å². The molecule has 1 rings (SSSR count). The van der Waals surface area contributed by atoms with Gasteiger partial charge in [0.25, 0.3) is 0 Å². The van der Waals surface area contributed by atoms with Gasteiger partial charge in [0.15, 0.2) is 0 Å². The first kappa shape index (κ1) is 8.63. The van der Waals surface area contributed by atoms with E-state index in [9.17, 15) is 4.79 Å². The van der Waals surface area contributed by atoms with Gasteiger partial charge < -0.3 is 5.11 Å². The summed E-state index contributed by atoms with van der Waals surface area (Å²) in [5, 5.41) is 18.6. The van der Waals surface area contributed by atoms with Crippen LogP contribution in [0.5, 0.6) is 0 Å². The zero-order chi connectivity index (χ0) is 8.81. The van der Waals surface area contributed by atoms with Gasteiger partial charge in [-0.2, -0.15) is 0 Å². The number of carboxylic acids is 1. The number of hydrogen-bond donors (Lipinski definition) is 1. The molecular weight excluding hydrogens is 160 g/mol. The monoisotopic (exact) mass is 169 g/mol. The van der Waals surface area contributed by atoms with E-state index < -0.39 is 5.97 Å². The average Bonchev–Trinajstić information content (AvgIpc) is 2.49. The van der Waals surface area contributed by atoms with Crippen LogP contribution >= 0.6 is 0 Å². The average molecular weight is 169 g/mol. The van der Waals surface area contributed by atoms with Crippen LogP contribution in [0.3, 0.4) is 0 Å². The second-order valence-corrected chi connectivity index (χ2v) is 2.35. The smallest absolute Gasteiger partial charge is 0.303 e. The van der Waals surface area contributed by atoms with Gasteiger partial charge in [-0.1, -0.05) is 0 Å². The molecule has 1 radical (unpaired) electrons. The first-order valence-electron chi connectivity index (χ1n) is 3.64. The van der Waals surface area contributed by atoms with Crippen LogP contribution in [0.2, 0.25) is 0 Å². The second-order valence-electron chi connectivity index (χ2n) is 2.35. The molecule has 6 heteroatoms. The summed E-state index contributed by atoms with van der Waals surface area (Å²) in [6, 6.07) is 0. The number of rotatable bonds is 5. The molecule has 0 spiro atoms. The van der Waals surface area contributed by atoms with Crippen LogP contribution < -0.4 is 0 Å². The van der Waals surface area contributed by atoms with Crippen molar-refractivity contribution in [2.24, 2.45) is 0 Å². The number of aliphatic carboxylic acids is 1. The van der Waals surface area contributed by atoms with E-state index in [2.05, 4.69) is 21.9 Å². The molecule has 1 N–H and O–H groups in total. The van der Waals surface area contributed by atoms with Crippen LogP contribution in [-0.2, 0) is 11.3 Å². The van der Waals surface area contributed by atoms with E-state index in [4.69, 9.17) is 5.11 Å². The maximum Gasteiger partial charge on any atom is 0.303 e. The topological polar surface area (TPSA) is 80.9 Å². The number of aryl methyl sites for hydroxylation is 1. The van der Waals surface area contributed by atoms with E-state index in [-0.39, 0.29) is 6.42 Å². The summed E-state index contributed by atoms with van der Waals surface area (Å²) in [7, 11) is 0. The minimum Gasteiger partial charge on any atom is -0.481 e. The number of hydrogen-bond acceptors (Lipinski definition) is 4. The third kappa shape index (κ3) is 3.09. The van der Waals surface area contributed by atoms with Crippen molar-refractivity contribution in [2.75, 3.05) is 0 Å². The largest absolute Gasteiger partial charge is 0.481 e. The molecule has 0 saturated carbocycles. The number of carbonyl (C=O) groups is 1. The van der Waals surface area contributed by atoms with Crippen LogP contribution in [0, 0.1) is 6.33 Å². The SMILES string of the molecule is O=C(O)CCCCn1[c]nnn1. The van der Waals surface area contributed by atoms with Crippen molar-refractivity contribution in [3.05, 3.63) is 6.33 Å². The van der Waals surface area contributed by atoms with E-state index in [1.54, 1.807) is 0 Å². The summed E-state index contributed by atoms with van der Waals surface area (Å²) in [6.07, 6.45) is 4.12. The highest BCUT2D eigenvalue weighted by molar-refractivity contribution is 5.66. The molecule has 0 amide bonds. The third-order valence-corrected chi connectivity index (χ3v) is 1.36. The van der Waals surface area contributed by atoms with Crippen molar-refractivity contribution < 1.29 is 9.90 Å². The number of carboxylic acid groups (broad SMARTS) is 1. The zero-order valence-electron chi connectivity index (χ0n) is 6.47. The lowest BCUT2D eigenvalue weighted by Gasteiger charge is -1.95. The summed E-state index contributed by atoms with van der Waals surface area (Å²) < 4.78 is 1.46. The van der Waals surface area contributed by atoms with Crippen LogP contribution in [-0.4, -0.2) is 31.3 Å². The van der Waals surface area contributed by atoms with E-state index in [1.165, 1.54) is 4.68 Å². The van der Waals surface area contributed by atoms with Gasteiger partial charge in [-0.3, -0.25) is 4.79 Å². The Bertz CT molecular complexity index is 234. The lowest BCUT2D eigenvalue weighted by atomic mass is 10.2. The van der Waals surface area contributed by atoms with Crippen molar-refractivity contribution in [3.63, 3.8) is 0 Å². The Balaban J connectivity index is 2.07. The van der Waals surface area contributed by atoms with E-state index in [0.29, 0.717) is 13.0 Å². The van der Waals surface area contributed by atoms with Gasteiger partial charge in [-0.05, 0) is 23.3 Å². The fraction of sp³-hybridized carbons (Fsp3) is 0.667. The molecule has 0 bridgehead atoms. The number of tetrazole rings is 1. The maximum absolute atomic E-state index is 10.1. The summed E-state index contributed by atoms with van der Waals surface area (Å²) in [5.41, 5.74) is 0. The normalized spacial score (nSPS) is 10.0. The Labute approximate surface area is 69.2 Å². The Kier molecular flexibility index (Phi) is 3.18. The Morgan fingerprint density at radius 3 is 2.92 bits per heavy atom. The Morgan fingerprint density at radius 2 is 2.33 bits per heavy atom. The number of nitrogens with zero attached hydrogens (tertiary/aromatic N) is 4. The molecule has 0 aliphatic heterocycles. The second kappa shape index (κ2) is 4.42. The standard InChI is InChI=1S/C6H9N4O2/c11-6(12)3-1-2-4-10-5-7-8-9-10/h1-4H2,(H,11,12). The van der Waals surface area contributed by atoms with Gasteiger partial charge in [-0.15, -0.1) is 5.10 Å². The number of unbranched alkanes of at least 4 members (excludes halogenated alkanes) is 1. The number of aromatic nitrogens is 4. The van der Waals surface area contributed by atoms with Gasteiger partial charge >= 0.3 is 5.97 Å². The summed E-state index contributed by atoms with van der Waals surface area (Å²) in [6.45, 7) is 0.625. The van der Waals surface area contributed by atoms with Crippen molar-refractivity contribution in [1.82, 2.24) is 20.2 Å². The predicted molar refractivity (Wildman–Crippen MR) is 38.1 cm³/mol. The minimum atomic E-state index is -0.768. The molecule has 0 aliphatic carbocycles. The predicted octanol–water partition coefficient (Wildman–Crippen LogP) is -0.272. The molecule has 12 heavy (non-hydrogen) atoms. The van der Waals surface area contributed by atoms with Gasteiger partial charge in [0.2, 0.25) is 6.33 Å². The molecule has 0 atom stereocenters.